The fraction of sp³-hybridized carbons (Fsp3) is 0.250. The molecular formula is C24H23N3O4S2. The van der Waals surface area contributed by atoms with Crippen LogP contribution in [0.25, 0.3) is 5.57 Å². The Morgan fingerprint density at radius 3 is 2.52 bits per heavy atom. The molecule has 1 saturated heterocycles. The first kappa shape index (κ1) is 23.2. The van der Waals surface area contributed by atoms with Crippen molar-refractivity contribution in [1.82, 2.24) is 10.2 Å². The largest absolute Gasteiger partial charge is 0.385 e. The second-order valence-electron chi connectivity index (χ2n) is 7.55. The molecule has 170 valence electrons. The van der Waals surface area contributed by atoms with E-state index in [0.717, 1.165) is 17.3 Å². The minimum absolute atomic E-state index is 0.139. The van der Waals surface area contributed by atoms with Crippen LogP contribution < -0.4 is 10.2 Å². The van der Waals surface area contributed by atoms with Gasteiger partial charge >= 0.3 is 0 Å². The number of amides is 3. The number of hydrogen-bond acceptors (Lipinski definition) is 6. The first-order valence-corrected chi connectivity index (χ1v) is 11.7. The highest BCUT2D eigenvalue weighted by Gasteiger charge is 2.42. The van der Waals surface area contributed by atoms with Gasteiger partial charge in [-0.3, -0.25) is 24.2 Å². The number of carbonyl (C=O) groups excluding carboxylic acids is 3. The van der Waals surface area contributed by atoms with Crippen molar-refractivity contribution in [2.45, 2.75) is 13.0 Å². The van der Waals surface area contributed by atoms with Crippen molar-refractivity contribution >= 4 is 57.3 Å². The predicted molar refractivity (Wildman–Crippen MR) is 132 cm³/mol. The Hall–Kier alpha value is -3.01. The highest BCUT2D eigenvalue weighted by molar-refractivity contribution is 8.26. The minimum atomic E-state index is -0.372. The molecule has 2 aromatic rings. The molecule has 0 saturated carbocycles. The average Bonchev–Trinajstić information content (AvgIpc) is 3.26. The molecule has 1 fully saturated rings. The monoisotopic (exact) mass is 481 g/mol. The molecule has 0 unspecified atom stereocenters. The van der Waals surface area contributed by atoms with Gasteiger partial charge in [0.1, 0.15) is 10.9 Å². The van der Waals surface area contributed by atoms with Crippen molar-refractivity contribution in [1.29, 1.82) is 0 Å². The fourth-order valence-electron chi connectivity index (χ4n) is 3.76. The number of thioether (sulfide) groups is 1. The number of ether oxygens (including phenoxy) is 1. The third kappa shape index (κ3) is 4.85. The number of nitrogens with zero attached hydrogens (tertiary/aromatic N) is 2. The Kier molecular flexibility index (Phi) is 7.22. The predicted octanol–water partition coefficient (Wildman–Crippen LogP) is 2.96. The zero-order valence-corrected chi connectivity index (χ0v) is 19.7. The molecule has 2 aliphatic rings. The average molecular weight is 482 g/mol. The van der Waals surface area contributed by atoms with Crippen molar-refractivity contribution in [3.05, 3.63) is 70.6 Å². The summed E-state index contributed by atoms with van der Waals surface area (Å²) >= 11 is 6.53. The standard InChI is InChI=1S/C24H23N3O4S2/c1-31-13-7-12-26-23(30)21(33-24(26)32)20-17-10-5-6-11-18(17)27(22(20)29)15-19(28)25-14-16-8-3-2-4-9-16/h2-6,8-11H,7,12-15H2,1H3,(H,25,28). The van der Waals surface area contributed by atoms with Crippen LogP contribution in [-0.4, -0.2) is 53.7 Å². The number of rotatable bonds is 8. The van der Waals surface area contributed by atoms with E-state index < -0.39 is 0 Å². The van der Waals surface area contributed by atoms with E-state index in [2.05, 4.69) is 5.32 Å². The van der Waals surface area contributed by atoms with E-state index in [1.54, 1.807) is 25.3 Å². The van der Waals surface area contributed by atoms with E-state index in [-0.39, 0.29) is 24.3 Å². The molecule has 33 heavy (non-hydrogen) atoms. The normalized spacial score (nSPS) is 17.7. The Morgan fingerprint density at radius 1 is 1.03 bits per heavy atom. The Morgan fingerprint density at radius 2 is 1.76 bits per heavy atom. The number of benzene rings is 2. The first-order chi connectivity index (χ1) is 16.0. The Labute approximate surface area is 201 Å². The molecule has 2 aromatic carbocycles. The first-order valence-electron chi connectivity index (χ1n) is 10.5. The van der Waals surface area contributed by atoms with Gasteiger partial charge in [0.2, 0.25) is 5.91 Å². The zero-order valence-electron chi connectivity index (χ0n) is 18.1. The van der Waals surface area contributed by atoms with Gasteiger partial charge in [0, 0.05) is 32.4 Å². The molecule has 2 heterocycles. The van der Waals surface area contributed by atoms with Crippen LogP contribution in [0.4, 0.5) is 5.69 Å². The van der Waals surface area contributed by atoms with Crippen LogP contribution in [0.2, 0.25) is 0 Å². The lowest BCUT2D eigenvalue weighted by Gasteiger charge is -2.17. The molecule has 0 aromatic heterocycles. The SMILES string of the molecule is COCCCN1C(=O)C(=C2C(=O)N(CC(=O)NCc3ccccc3)c3ccccc32)SC1=S. The van der Waals surface area contributed by atoms with Gasteiger partial charge in [-0.15, -0.1) is 0 Å². The number of para-hydroxylation sites is 1. The van der Waals surface area contributed by atoms with Gasteiger partial charge in [-0.1, -0.05) is 72.5 Å². The van der Waals surface area contributed by atoms with Crippen molar-refractivity contribution in [3.8, 4) is 0 Å². The number of nitrogens with one attached hydrogen (secondary N) is 1. The molecule has 0 radical (unpaired) electrons. The summed E-state index contributed by atoms with van der Waals surface area (Å²) in [5.41, 5.74) is 2.51. The third-order valence-corrected chi connectivity index (χ3v) is 6.81. The minimum Gasteiger partial charge on any atom is -0.385 e. The summed E-state index contributed by atoms with van der Waals surface area (Å²) in [4.78, 5) is 42.4. The van der Waals surface area contributed by atoms with E-state index in [1.165, 1.54) is 9.80 Å². The van der Waals surface area contributed by atoms with E-state index >= 15 is 0 Å². The molecule has 0 bridgehead atoms. The van der Waals surface area contributed by atoms with E-state index in [9.17, 15) is 14.4 Å². The summed E-state index contributed by atoms with van der Waals surface area (Å²) in [6, 6.07) is 16.7. The highest BCUT2D eigenvalue weighted by atomic mass is 32.2. The van der Waals surface area contributed by atoms with Crippen LogP contribution in [0.5, 0.6) is 0 Å². The lowest BCUT2D eigenvalue weighted by atomic mass is 10.1. The number of anilines is 1. The molecule has 4 rings (SSSR count). The van der Waals surface area contributed by atoms with E-state index in [4.69, 9.17) is 17.0 Å². The third-order valence-electron chi connectivity index (χ3n) is 5.36. The van der Waals surface area contributed by atoms with Gasteiger partial charge in [-0.25, -0.2) is 0 Å². The van der Waals surface area contributed by atoms with Gasteiger partial charge in [-0.05, 0) is 18.1 Å². The number of carbonyl (C=O) groups is 3. The number of hydrogen-bond donors (Lipinski definition) is 1. The van der Waals surface area contributed by atoms with Gasteiger partial charge in [0.25, 0.3) is 11.8 Å². The van der Waals surface area contributed by atoms with Crippen LogP contribution in [0, 0.1) is 0 Å². The quantitative estimate of drug-likeness (QED) is 0.355. The molecule has 0 spiro atoms. The summed E-state index contributed by atoms with van der Waals surface area (Å²) in [6.07, 6.45) is 0.643. The summed E-state index contributed by atoms with van der Waals surface area (Å²) in [6.45, 7) is 1.17. The fourth-order valence-corrected chi connectivity index (χ4v) is 5.14. The highest BCUT2D eigenvalue weighted by Crippen LogP contribution is 2.44. The Balaban J connectivity index is 1.55. The van der Waals surface area contributed by atoms with Crippen LogP contribution in [0.1, 0.15) is 17.5 Å². The molecule has 1 N–H and O–H groups in total. The summed E-state index contributed by atoms with van der Waals surface area (Å²) in [7, 11) is 1.60. The number of fused-ring (bicyclic) bond motifs is 1. The maximum atomic E-state index is 13.4. The van der Waals surface area contributed by atoms with Crippen molar-refractivity contribution in [2.24, 2.45) is 0 Å². The van der Waals surface area contributed by atoms with Gasteiger partial charge in [0.05, 0.1) is 16.2 Å². The molecule has 7 nitrogen and oxygen atoms in total. The van der Waals surface area contributed by atoms with Crippen LogP contribution in [-0.2, 0) is 25.7 Å². The molecule has 2 aliphatic heterocycles. The summed E-state index contributed by atoms with van der Waals surface area (Å²) < 4.78 is 5.48. The van der Waals surface area contributed by atoms with Crippen LogP contribution in [0.3, 0.4) is 0 Å². The zero-order chi connectivity index (χ0) is 23.4. The second kappa shape index (κ2) is 10.3. The van der Waals surface area contributed by atoms with Crippen molar-refractivity contribution in [2.75, 3.05) is 31.7 Å². The second-order valence-corrected chi connectivity index (χ2v) is 9.19. The van der Waals surface area contributed by atoms with Gasteiger partial charge in [-0.2, -0.15) is 0 Å². The molecule has 0 atom stereocenters. The molecule has 3 amide bonds. The smallest absolute Gasteiger partial charge is 0.267 e. The lowest BCUT2D eigenvalue weighted by molar-refractivity contribution is -0.122. The Bertz CT molecular complexity index is 1130. The van der Waals surface area contributed by atoms with Crippen molar-refractivity contribution < 1.29 is 19.1 Å². The maximum absolute atomic E-state index is 13.4. The van der Waals surface area contributed by atoms with Gasteiger partial charge in [0.15, 0.2) is 0 Å². The van der Waals surface area contributed by atoms with Crippen LogP contribution in [0.15, 0.2) is 59.5 Å². The van der Waals surface area contributed by atoms with E-state index in [0.29, 0.717) is 52.2 Å². The number of methoxy groups -OCH3 is 1. The van der Waals surface area contributed by atoms with Gasteiger partial charge < -0.3 is 10.1 Å². The van der Waals surface area contributed by atoms with E-state index in [1.807, 2.05) is 36.4 Å². The molecular weight excluding hydrogens is 458 g/mol. The summed E-state index contributed by atoms with van der Waals surface area (Å²) in [5, 5.41) is 2.85. The lowest BCUT2D eigenvalue weighted by Crippen LogP contribution is -2.38. The number of thiocarbonyl (C=S) groups is 1. The molecule has 9 heteroatoms. The topological polar surface area (TPSA) is 79.0 Å². The maximum Gasteiger partial charge on any atom is 0.267 e. The van der Waals surface area contributed by atoms with Crippen molar-refractivity contribution in [3.63, 3.8) is 0 Å². The molecule has 0 aliphatic carbocycles. The van der Waals surface area contributed by atoms with Crippen LogP contribution >= 0.6 is 24.0 Å². The summed E-state index contributed by atoms with van der Waals surface area (Å²) in [5.74, 6) is -0.937.